The molecule has 5 nitrogen and oxygen atoms in total. The van der Waals surface area contributed by atoms with Gasteiger partial charge < -0.3 is 14.7 Å². The number of morpholine rings is 1. The lowest BCUT2D eigenvalue weighted by Gasteiger charge is -2.31. The van der Waals surface area contributed by atoms with Gasteiger partial charge in [0.05, 0.1) is 19.3 Å². The van der Waals surface area contributed by atoms with Crippen LogP contribution in [0.1, 0.15) is 10.6 Å². The van der Waals surface area contributed by atoms with Crippen LogP contribution in [0.4, 0.5) is 9.52 Å². The number of hydrogen-bond donors (Lipinski definition) is 1. The van der Waals surface area contributed by atoms with E-state index in [1.54, 1.807) is 12.1 Å². The maximum atomic E-state index is 12.9. The van der Waals surface area contributed by atoms with Crippen LogP contribution in [0.25, 0.3) is 0 Å². The van der Waals surface area contributed by atoms with Gasteiger partial charge in [-0.3, -0.25) is 0 Å². The van der Waals surface area contributed by atoms with Crippen molar-refractivity contribution in [1.82, 2.24) is 10.2 Å². The van der Waals surface area contributed by atoms with Crippen molar-refractivity contribution in [2.24, 2.45) is 0 Å². The monoisotopic (exact) mass is 309 g/mol. The van der Waals surface area contributed by atoms with Crippen LogP contribution >= 0.6 is 11.3 Å². The molecule has 0 spiro atoms. The average Bonchev–Trinajstić information content (AvgIpc) is 2.98. The number of ether oxygens (including phenoxy) is 1. The molecule has 1 N–H and O–H groups in total. The molecule has 1 aliphatic rings. The normalized spacial score (nSPS) is 19.0. The Labute approximate surface area is 126 Å². The molecule has 112 valence electrons. The molecule has 1 atom stereocenters. The van der Waals surface area contributed by atoms with E-state index in [0.29, 0.717) is 19.6 Å². The minimum atomic E-state index is -0.236. The number of aliphatic hydroxyl groups excluding tert-OH is 1. The van der Waals surface area contributed by atoms with Crippen molar-refractivity contribution < 1.29 is 14.2 Å². The van der Waals surface area contributed by atoms with Crippen LogP contribution in [-0.4, -0.2) is 47.7 Å². The molecule has 0 bridgehead atoms. The van der Waals surface area contributed by atoms with E-state index < -0.39 is 0 Å². The number of nitrogens with zero attached hydrogens (tertiary/aromatic N) is 3. The SMILES string of the molecule is OC[C@@H]1CN(c2nnc(Cc3ccc(F)cc3)s2)CCO1. The van der Waals surface area contributed by atoms with Crippen LogP contribution in [0.2, 0.25) is 0 Å². The Kier molecular flexibility index (Phi) is 4.42. The predicted molar refractivity (Wildman–Crippen MR) is 78.2 cm³/mol. The highest BCUT2D eigenvalue weighted by Crippen LogP contribution is 2.24. The number of rotatable bonds is 4. The molecule has 1 fully saturated rings. The van der Waals surface area contributed by atoms with Gasteiger partial charge >= 0.3 is 0 Å². The topological polar surface area (TPSA) is 58.5 Å². The fourth-order valence-electron chi connectivity index (χ4n) is 2.22. The molecule has 0 radical (unpaired) electrons. The zero-order valence-corrected chi connectivity index (χ0v) is 12.2. The van der Waals surface area contributed by atoms with Gasteiger partial charge in [-0.2, -0.15) is 0 Å². The average molecular weight is 309 g/mol. The molecule has 1 aromatic carbocycles. The minimum Gasteiger partial charge on any atom is -0.394 e. The Morgan fingerprint density at radius 1 is 1.33 bits per heavy atom. The molecule has 0 unspecified atom stereocenters. The van der Waals surface area contributed by atoms with Gasteiger partial charge in [0.25, 0.3) is 0 Å². The van der Waals surface area contributed by atoms with Crippen molar-refractivity contribution in [1.29, 1.82) is 0 Å². The summed E-state index contributed by atoms with van der Waals surface area (Å²) in [6.07, 6.45) is 0.481. The smallest absolute Gasteiger partial charge is 0.208 e. The van der Waals surface area contributed by atoms with Crippen molar-refractivity contribution in [3.8, 4) is 0 Å². The second-order valence-electron chi connectivity index (χ2n) is 4.90. The zero-order chi connectivity index (χ0) is 14.7. The molecule has 21 heavy (non-hydrogen) atoms. The first-order valence-corrected chi connectivity index (χ1v) is 7.60. The third-order valence-corrected chi connectivity index (χ3v) is 4.32. The molecule has 0 amide bonds. The molecular formula is C14H16FN3O2S. The van der Waals surface area contributed by atoms with Gasteiger partial charge in [0.15, 0.2) is 0 Å². The Morgan fingerprint density at radius 3 is 2.90 bits per heavy atom. The first-order valence-electron chi connectivity index (χ1n) is 6.79. The Bertz CT molecular complexity index is 590. The van der Waals surface area contributed by atoms with E-state index in [1.165, 1.54) is 23.5 Å². The van der Waals surface area contributed by atoms with Crippen molar-refractivity contribution in [3.63, 3.8) is 0 Å². The summed E-state index contributed by atoms with van der Waals surface area (Å²) in [5.74, 6) is -0.236. The van der Waals surface area contributed by atoms with E-state index in [9.17, 15) is 4.39 Å². The van der Waals surface area contributed by atoms with Gasteiger partial charge in [0, 0.05) is 19.5 Å². The highest BCUT2D eigenvalue weighted by atomic mass is 32.1. The summed E-state index contributed by atoms with van der Waals surface area (Å²) < 4.78 is 18.3. The molecule has 0 saturated carbocycles. The van der Waals surface area contributed by atoms with E-state index >= 15 is 0 Å². The van der Waals surface area contributed by atoms with Gasteiger partial charge in [-0.1, -0.05) is 23.5 Å². The highest BCUT2D eigenvalue weighted by molar-refractivity contribution is 7.15. The second-order valence-corrected chi connectivity index (χ2v) is 5.94. The molecule has 1 aliphatic heterocycles. The van der Waals surface area contributed by atoms with Gasteiger partial charge in [-0.15, -0.1) is 10.2 Å². The largest absolute Gasteiger partial charge is 0.394 e. The summed E-state index contributed by atoms with van der Waals surface area (Å²) in [4.78, 5) is 2.08. The number of aromatic nitrogens is 2. The maximum Gasteiger partial charge on any atom is 0.208 e. The van der Waals surface area contributed by atoms with Crippen LogP contribution in [0.5, 0.6) is 0 Å². The van der Waals surface area contributed by atoms with E-state index in [4.69, 9.17) is 9.84 Å². The first kappa shape index (κ1) is 14.4. The number of anilines is 1. The fourth-order valence-corrected chi connectivity index (χ4v) is 3.13. The van der Waals surface area contributed by atoms with Crippen LogP contribution in [0.3, 0.4) is 0 Å². The van der Waals surface area contributed by atoms with Crippen molar-refractivity contribution >= 4 is 16.5 Å². The quantitative estimate of drug-likeness (QED) is 0.927. The molecular weight excluding hydrogens is 293 g/mol. The van der Waals surface area contributed by atoms with Gasteiger partial charge in [-0.25, -0.2) is 4.39 Å². The lowest BCUT2D eigenvalue weighted by Crippen LogP contribution is -2.44. The van der Waals surface area contributed by atoms with E-state index in [-0.39, 0.29) is 18.5 Å². The van der Waals surface area contributed by atoms with E-state index in [0.717, 1.165) is 22.2 Å². The highest BCUT2D eigenvalue weighted by Gasteiger charge is 2.22. The number of benzene rings is 1. The number of hydrogen-bond acceptors (Lipinski definition) is 6. The van der Waals surface area contributed by atoms with Crippen LogP contribution in [0, 0.1) is 5.82 Å². The third kappa shape index (κ3) is 3.55. The van der Waals surface area contributed by atoms with Gasteiger partial charge in [-0.05, 0) is 17.7 Å². The predicted octanol–water partition coefficient (Wildman–Crippen LogP) is 1.47. The van der Waals surface area contributed by atoms with Gasteiger partial charge in [0.1, 0.15) is 10.8 Å². The summed E-state index contributed by atoms with van der Waals surface area (Å²) in [6.45, 7) is 1.97. The molecule has 2 aromatic rings. The lowest BCUT2D eigenvalue weighted by atomic mass is 10.2. The summed E-state index contributed by atoms with van der Waals surface area (Å²) >= 11 is 1.52. The van der Waals surface area contributed by atoms with Crippen molar-refractivity contribution in [2.75, 3.05) is 31.2 Å². The van der Waals surface area contributed by atoms with Crippen molar-refractivity contribution in [3.05, 3.63) is 40.7 Å². The minimum absolute atomic E-state index is 0.0116. The first-order chi connectivity index (χ1) is 10.2. The zero-order valence-electron chi connectivity index (χ0n) is 11.4. The fraction of sp³-hybridized carbons (Fsp3) is 0.429. The molecule has 1 aromatic heterocycles. The number of halogens is 1. The molecule has 0 aliphatic carbocycles. The Hall–Kier alpha value is -1.57. The summed E-state index contributed by atoms with van der Waals surface area (Å²) in [5, 5.41) is 19.3. The Morgan fingerprint density at radius 2 is 2.14 bits per heavy atom. The van der Waals surface area contributed by atoms with Crippen molar-refractivity contribution in [2.45, 2.75) is 12.5 Å². The third-order valence-electron chi connectivity index (χ3n) is 3.34. The second kappa shape index (κ2) is 6.46. The van der Waals surface area contributed by atoms with Crippen LogP contribution in [0.15, 0.2) is 24.3 Å². The molecule has 3 rings (SSSR count). The summed E-state index contributed by atoms with van der Waals surface area (Å²) in [6, 6.07) is 6.41. The summed E-state index contributed by atoms with van der Waals surface area (Å²) in [5.41, 5.74) is 1.01. The van der Waals surface area contributed by atoms with Gasteiger partial charge in [0.2, 0.25) is 5.13 Å². The standard InChI is InChI=1S/C14H16FN3O2S/c15-11-3-1-10(2-4-11)7-13-16-17-14(21-13)18-5-6-20-12(8-18)9-19/h1-4,12,19H,5-9H2/t12-/m0/s1. The molecule has 2 heterocycles. The van der Waals surface area contributed by atoms with Crippen LogP contribution in [-0.2, 0) is 11.2 Å². The number of aliphatic hydroxyl groups is 1. The van der Waals surface area contributed by atoms with E-state index in [2.05, 4.69) is 15.1 Å². The molecule has 1 saturated heterocycles. The van der Waals surface area contributed by atoms with E-state index in [1.807, 2.05) is 0 Å². The summed E-state index contributed by atoms with van der Waals surface area (Å²) in [7, 11) is 0. The lowest BCUT2D eigenvalue weighted by molar-refractivity contribution is 0.00353. The van der Waals surface area contributed by atoms with Crippen LogP contribution < -0.4 is 4.90 Å². The Balaban J connectivity index is 1.67. The maximum absolute atomic E-state index is 12.9. The molecule has 7 heteroatoms.